The summed E-state index contributed by atoms with van der Waals surface area (Å²) in [4.78, 5) is 0. The molecule has 1 unspecified atom stereocenters. The van der Waals surface area contributed by atoms with Crippen molar-refractivity contribution in [2.75, 3.05) is 13.1 Å². The molecule has 76 valence electrons. The Morgan fingerprint density at radius 2 is 2.00 bits per heavy atom. The summed E-state index contributed by atoms with van der Waals surface area (Å²) in [5.41, 5.74) is 0. The van der Waals surface area contributed by atoms with Gasteiger partial charge in [-0.2, -0.15) is 0 Å². The number of nitrogens with one attached hydrogen (secondary N) is 2. The zero-order valence-corrected chi connectivity index (χ0v) is 8.13. The quantitative estimate of drug-likeness (QED) is 0.576. The van der Waals surface area contributed by atoms with E-state index in [1.54, 1.807) is 0 Å². The maximum Gasteiger partial charge on any atom is 0.0705 e. The van der Waals surface area contributed by atoms with Crippen LogP contribution in [0.3, 0.4) is 0 Å². The van der Waals surface area contributed by atoms with Crippen molar-refractivity contribution in [1.82, 2.24) is 10.6 Å². The van der Waals surface area contributed by atoms with Crippen molar-refractivity contribution in [3.05, 3.63) is 0 Å². The first kappa shape index (κ1) is 9.44. The lowest BCUT2D eigenvalue weighted by molar-refractivity contribution is 0.146. The predicted octanol–water partition coefficient (Wildman–Crippen LogP) is 0.241. The summed E-state index contributed by atoms with van der Waals surface area (Å²) in [6, 6.07) is 0.981. The van der Waals surface area contributed by atoms with Gasteiger partial charge in [-0.1, -0.05) is 6.42 Å². The molecule has 2 saturated heterocycles. The van der Waals surface area contributed by atoms with Gasteiger partial charge >= 0.3 is 0 Å². The minimum atomic E-state index is -0.108. The average molecular weight is 184 g/mol. The number of aliphatic hydroxyl groups excluding tert-OH is 1. The van der Waals surface area contributed by atoms with Gasteiger partial charge in [0.1, 0.15) is 0 Å². The summed E-state index contributed by atoms with van der Waals surface area (Å²) in [5.74, 6) is 0. The fraction of sp³-hybridized carbons (Fsp3) is 1.00. The van der Waals surface area contributed by atoms with Crippen LogP contribution in [0.2, 0.25) is 0 Å². The minimum absolute atomic E-state index is 0.108. The van der Waals surface area contributed by atoms with Crippen molar-refractivity contribution >= 4 is 0 Å². The summed E-state index contributed by atoms with van der Waals surface area (Å²) >= 11 is 0. The van der Waals surface area contributed by atoms with E-state index in [9.17, 15) is 5.11 Å². The third-order valence-electron chi connectivity index (χ3n) is 3.26. The van der Waals surface area contributed by atoms with Gasteiger partial charge in [-0.15, -0.1) is 0 Å². The maximum absolute atomic E-state index is 9.63. The van der Waals surface area contributed by atoms with Crippen LogP contribution in [-0.2, 0) is 0 Å². The van der Waals surface area contributed by atoms with Crippen LogP contribution < -0.4 is 10.6 Å². The first-order chi connectivity index (χ1) is 6.36. The van der Waals surface area contributed by atoms with E-state index >= 15 is 0 Å². The Morgan fingerprint density at radius 1 is 1.08 bits per heavy atom. The molecule has 3 atom stereocenters. The zero-order valence-electron chi connectivity index (χ0n) is 8.13. The smallest absolute Gasteiger partial charge is 0.0705 e. The molecular formula is C10H20N2O. The van der Waals surface area contributed by atoms with Gasteiger partial charge in [0.15, 0.2) is 0 Å². The van der Waals surface area contributed by atoms with Gasteiger partial charge in [0.2, 0.25) is 0 Å². The van der Waals surface area contributed by atoms with Gasteiger partial charge in [0.05, 0.1) is 6.10 Å². The third kappa shape index (κ3) is 2.42. The lowest BCUT2D eigenvalue weighted by Gasteiger charge is -2.27. The number of hydrogen-bond acceptors (Lipinski definition) is 3. The molecule has 3 N–H and O–H groups in total. The fourth-order valence-corrected chi connectivity index (χ4v) is 2.43. The van der Waals surface area contributed by atoms with E-state index in [0.29, 0.717) is 12.1 Å². The van der Waals surface area contributed by atoms with Crippen molar-refractivity contribution in [2.24, 2.45) is 0 Å². The van der Waals surface area contributed by atoms with Crippen LogP contribution >= 0.6 is 0 Å². The SMILES string of the molecule is O[C@H]1CCN[C@H]1CC1CCCCN1. The Kier molecular flexibility index (Phi) is 3.19. The van der Waals surface area contributed by atoms with Crippen molar-refractivity contribution in [3.8, 4) is 0 Å². The highest BCUT2D eigenvalue weighted by molar-refractivity contribution is 4.87. The highest BCUT2D eigenvalue weighted by Gasteiger charge is 2.27. The number of rotatable bonds is 2. The Hall–Kier alpha value is -0.120. The molecule has 2 fully saturated rings. The average Bonchev–Trinajstić information content (AvgIpc) is 2.54. The Morgan fingerprint density at radius 3 is 2.62 bits per heavy atom. The molecule has 0 aromatic carbocycles. The van der Waals surface area contributed by atoms with Crippen LogP contribution in [0.15, 0.2) is 0 Å². The Balaban J connectivity index is 1.75. The molecule has 2 aliphatic heterocycles. The molecule has 2 rings (SSSR count). The van der Waals surface area contributed by atoms with Crippen LogP contribution in [0.25, 0.3) is 0 Å². The Bertz CT molecular complexity index is 157. The molecule has 0 aliphatic carbocycles. The topological polar surface area (TPSA) is 44.3 Å². The van der Waals surface area contributed by atoms with Crippen LogP contribution in [0.4, 0.5) is 0 Å². The third-order valence-corrected chi connectivity index (χ3v) is 3.26. The standard InChI is InChI=1S/C10H20N2O/c13-10-4-6-12-9(10)7-8-3-1-2-5-11-8/h8-13H,1-7H2/t8?,9-,10-/m0/s1. The monoisotopic (exact) mass is 184 g/mol. The summed E-state index contributed by atoms with van der Waals surface area (Å²) in [7, 11) is 0. The predicted molar refractivity (Wildman–Crippen MR) is 52.7 cm³/mol. The van der Waals surface area contributed by atoms with Crippen molar-refractivity contribution in [1.29, 1.82) is 0 Å². The molecule has 0 saturated carbocycles. The van der Waals surface area contributed by atoms with Gasteiger partial charge in [0.25, 0.3) is 0 Å². The van der Waals surface area contributed by atoms with Gasteiger partial charge in [-0.25, -0.2) is 0 Å². The lowest BCUT2D eigenvalue weighted by atomic mass is 9.96. The van der Waals surface area contributed by atoms with Crippen molar-refractivity contribution < 1.29 is 5.11 Å². The molecule has 0 aromatic heterocycles. The van der Waals surface area contributed by atoms with E-state index in [0.717, 1.165) is 25.9 Å². The molecular weight excluding hydrogens is 164 g/mol. The number of aliphatic hydroxyl groups is 1. The largest absolute Gasteiger partial charge is 0.391 e. The summed E-state index contributed by atoms with van der Waals surface area (Å²) in [6.07, 6.45) is 5.87. The first-order valence-electron chi connectivity index (χ1n) is 5.51. The van der Waals surface area contributed by atoms with E-state index in [1.807, 2.05) is 0 Å². The number of piperidine rings is 1. The van der Waals surface area contributed by atoms with Gasteiger partial charge in [0, 0.05) is 12.1 Å². The summed E-state index contributed by atoms with van der Waals surface area (Å²) < 4.78 is 0. The normalized spacial score (nSPS) is 40.8. The maximum atomic E-state index is 9.63. The van der Waals surface area contributed by atoms with Gasteiger partial charge < -0.3 is 15.7 Å². The van der Waals surface area contributed by atoms with Crippen LogP contribution in [0, 0.1) is 0 Å². The highest BCUT2D eigenvalue weighted by atomic mass is 16.3. The Labute approximate surface area is 79.9 Å². The van der Waals surface area contributed by atoms with E-state index in [1.165, 1.54) is 19.3 Å². The molecule has 0 amide bonds. The summed E-state index contributed by atoms with van der Waals surface area (Å²) in [6.45, 7) is 2.14. The van der Waals surface area contributed by atoms with Gasteiger partial charge in [-0.05, 0) is 38.8 Å². The van der Waals surface area contributed by atoms with E-state index in [-0.39, 0.29) is 6.10 Å². The fourth-order valence-electron chi connectivity index (χ4n) is 2.43. The molecule has 0 bridgehead atoms. The molecule has 2 heterocycles. The molecule has 3 heteroatoms. The molecule has 0 radical (unpaired) electrons. The molecule has 13 heavy (non-hydrogen) atoms. The second-order valence-corrected chi connectivity index (χ2v) is 4.30. The van der Waals surface area contributed by atoms with Crippen molar-refractivity contribution in [2.45, 2.75) is 50.3 Å². The second kappa shape index (κ2) is 4.40. The van der Waals surface area contributed by atoms with Crippen LogP contribution in [0.1, 0.15) is 32.1 Å². The first-order valence-corrected chi connectivity index (χ1v) is 5.51. The second-order valence-electron chi connectivity index (χ2n) is 4.30. The lowest BCUT2D eigenvalue weighted by Crippen LogP contribution is -2.42. The number of hydrogen-bond donors (Lipinski definition) is 3. The van der Waals surface area contributed by atoms with Crippen LogP contribution in [-0.4, -0.2) is 36.4 Å². The summed E-state index contributed by atoms with van der Waals surface area (Å²) in [5, 5.41) is 16.5. The van der Waals surface area contributed by atoms with Crippen molar-refractivity contribution in [3.63, 3.8) is 0 Å². The van der Waals surface area contributed by atoms with Gasteiger partial charge in [-0.3, -0.25) is 0 Å². The van der Waals surface area contributed by atoms with E-state index in [4.69, 9.17) is 0 Å². The molecule has 0 spiro atoms. The molecule has 3 nitrogen and oxygen atoms in total. The minimum Gasteiger partial charge on any atom is -0.391 e. The van der Waals surface area contributed by atoms with Crippen LogP contribution in [0.5, 0.6) is 0 Å². The zero-order chi connectivity index (χ0) is 9.10. The molecule has 0 aromatic rings. The van der Waals surface area contributed by atoms with E-state index < -0.39 is 0 Å². The van der Waals surface area contributed by atoms with E-state index in [2.05, 4.69) is 10.6 Å². The highest BCUT2D eigenvalue weighted by Crippen LogP contribution is 2.17. The molecule has 2 aliphatic rings.